The summed E-state index contributed by atoms with van der Waals surface area (Å²) in [4.78, 5) is 55.8. The van der Waals surface area contributed by atoms with Crippen molar-refractivity contribution in [1.29, 1.82) is 0 Å². The van der Waals surface area contributed by atoms with Crippen LogP contribution in [0, 0.1) is 27.2 Å². The molecule has 10 aromatic rings. The summed E-state index contributed by atoms with van der Waals surface area (Å²) in [5, 5.41) is 45.9. The van der Waals surface area contributed by atoms with Gasteiger partial charge in [-0.05, 0) is 153 Å². The van der Waals surface area contributed by atoms with E-state index in [4.69, 9.17) is 25.2 Å². The number of ether oxygens (including phenoxy) is 1. The molecule has 2 aliphatic rings. The summed E-state index contributed by atoms with van der Waals surface area (Å²) in [7, 11) is 6.62. The topological polar surface area (TPSA) is 189 Å². The van der Waals surface area contributed by atoms with Crippen LogP contribution >= 0.6 is 0 Å². The van der Waals surface area contributed by atoms with Gasteiger partial charge in [0.15, 0.2) is 5.75 Å². The standard InChI is InChI=1S/C65H49N9O7/c1-38-55(64(75)71(3)47-14-10-16-49(36-47)73(77)78)34-41-20-30-53-51-18-8-6-12-39(51)32-56(53)59(41)61(38)68-66-43-22-26-45(27-23-43)70(2)46-28-24-44(25-29-46)67-69-62-60-42(21-31-54-52-19-9-7-13-40(52)33-57(54)60)35-58(63(62)81-5)65(76)72(4)48-15-11-17-50(37-48)74(79)80/h6-31,34-37H,32-33H2,1-5H3. The first-order valence-electron chi connectivity index (χ1n) is 26.0. The average molecular weight is 1070 g/mol. The van der Waals surface area contributed by atoms with Crippen LogP contribution in [0.25, 0.3) is 43.8 Å². The maximum absolute atomic E-state index is 14.4. The molecular formula is C65H49N9O7. The Morgan fingerprint density at radius 2 is 0.926 bits per heavy atom. The fourth-order valence-electron chi connectivity index (χ4n) is 11.2. The highest BCUT2D eigenvalue weighted by Gasteiger charge is 2.30. The van der Waals surface area contributed by atoms with Gasteiger partial charge in [0.25, 0.3) is 23.2 Å². The molecule has 81 heavy (non-hydrogen) atoms. The Morgan fingerprint density at radius 3 is 1.41 bits per heavy atom. The third-order valence-corrected chi connectivity index (χ3v) is 15.5. The van der Waals surface area contributed by atoms with E-state index in [1.54, 1.807) is 38.4 Å². The summed E-state index contributed by atoms with van der Waals surface area (Å²) in [6.07, 6.45) is 1.35. The minimum absolute atomic E-state index is 0.115. The molecule has 396 valence electrons. The number of benzene rings is 10. The van der Waals surface area contributed by atoms with Gasteiger partial charge < -0.3 is 19.4 Å². The SMILES string of the molecule is COc1c(C(=O)N(C)c2cccc([N+](=O)[O-])c2)cc2ccc3c(c2c1N=Nc1ccc(N(C)c2ccc(N=Nc4c(C)c(C(=O)N(C)c5cccc([N+](=O)[O-])c5)cc5ccc6c(c45)Cc4ccccc4-6)cc2)cc1)Cc1ccccc1-3. The molecule has 10 aromatic carbocycles. The van der Waals surface area contributed by atoms with Gasteiger partial charge in [-0.2, -0.15) is 10.2 Å². The lowest BCUT2D eigenvalue weighted by molar-refractivity contribution is -0.385. The van der Waals surface area contributed by atoms with E-state index < -0.39 is 15.8 Å². The highest BCUT2D eigenvalue weighted by atomic mass is 16.6. The van der Waals surface area contributed by atoms with Crippen LogP contribution < -0.4 is 19.4 Å². The minimum Gasteiger partial charge on any atom is -0.494 e. The molecule has 0 aromatic heterocycles. The van der Waals surface area contributed by atoms with Crippen molar-refractivity contribution < 1.29 is 24.2 Å². The predicted molar refractivity (Wildman–Crippen MR) is 317 cm³/mol. The van der Waals surface area contributed by atoms with E-state index in [9.17, 15) is 29.8 Å². The third kappa shape index (κ3) is 9.13. The number of nitro groups is 2. The number of amides is 2. The van der Waals surface area contributed by atoms with Crippen LogP contribution in [0.15, 0.2) is 202 Å². The van der Waals surface area contributed by atoms with Gasteiger partial charge in [0, 0.05) is 73.1 Å². The number of hydrogen-bond acceptors (Lipinski definition) is 12. The van der Waals surface area contributed by atoms with Crippen LogP contribution in [-0.4, -0.2) is 49.9 Å². The number of carbonyl (C=O) groups excluding carboxylic acids is 2. The van der Waals surface area contributed by atoms with Crippen molar-refractivity contribution in [1.82, 2.24) is 0 Å². The van der Waals surface area contributed by atoms with E-state index in [1.165, 1.54) is 58.4 Å². The number of rotatable bonds is 13. The zero-order valence-electron chi connectivity index (χ0n) is 44.6. The Labute approximate surface area is 464 Å². The molecule has 0 N–H and O–H groups in total. The third-order valence-electron chi connectivity index (χ3n) is 15.5. The van der Waals surface area contributed by atoms with Crippen molar-refractivity contribution in [2.24, 2.45) is 20.5 Å². The van der Waals surface area contributed by atoms with Gasteiger partial charge in [-0.3, -0.25) is 29.8 Å². The monoisotopic (exact) mass is 1070 g/mol. The quantitative estimate of drug-likeness (QED) is 0.0619. The molecule has 0 unspecified atom stereocenters. The lowest BCUT2D eigenvalue weighted by Crippen LogP contribution is -2.27. The van der Waals surface area contributed by atoms with Crippen LogP contribution in [0.5, 0.6) is 5.75 Å². The smallest absolute Gasteiger partial charge is 0.271 e. The highest BCUT2D eigenvalue weighted by Crippen LogP contribution is 2.49. The van der Waals surface area contributed by atoms with E-state index in [0.717, 1.165) is 66.3 Å². The summed E-state index contributed by atoms with van der Waals surface area (Å²) in [6, 6.07) is 55.5. The molecule has 12 rings (SSSR count). The molecule has 0 atom stereocenters. The Kier molecular flexibility index (Phi) is 13.0. The highest BCUT2D eigenvalue weighted by molar-refractivity contribution is 6.15. The Hall–Kier alpha value is -10.7. The molecule has 0 heterocycles. The van der Waals surface area contributed by atoms with Crippen molar-refractivity contribution in [3.8, 4) is 28.0 Å². The fraction of sp³-hybridized carbons (Fsp3) is 0.108. The first-order valence-corrected chi connectivity index (χ1v) is 26.0. The van der Waals surface area contributed by atoms with Crippen LogP contribution in [-0.2, 0) is 12.8 Å². The van der Waals surface area contributed by atoms with Gasteiger partial charge >= 0.3 is 0 Å². The number of hydrogen-bond donors (Lipinski definition) is 0. The molecule has 0 radical (unpaired) electrons. The number of fused-ring (bicyclic) bond motifs is 10. The number of non-ortho nitro benzene ring substituents is 2. The Morgan fingerprint density at radius 1 is 0.481 bits per heavy atom. The molecule has 0 saturated carbocycles. The van der Waals surface area contributed by atoms with E-state index in [-0.39, 0.29) is 28.6 Å². The number of anilines is 4. The van der Waals surface area contributed by atoms with Crippen molar-refractivity contribution in [2.75, 3.05) is 43.0 Å². The summed E-state index contributed by atoms with van der Waals surface area (Å²) in [6.45, 7) is 1.87. The lowest BCUT2D eigenvalue weighted by atomic mass is 9.92. The predicted octanol–water partition coefficient (Wildman–Crippen LogP) is 16.4. The normalized spacial score (nSPS) is 12.1. The van der Waals surface area contributed by atoms with Crippen molar-refractivity contribution >= 4 is 90.2 Å². The van der Waals surface area contributed by atoms with E-state index in [2.05, 4.69) is 36.4 Å². The van der Waals surface area contributed by atoms with Gasteiger partial charge in [0.2, 0.25) is 0 Å². The summed E-state index contributed by atoms with van der Waals surface area (Å²) < 4.78 is 6.06. The van der Waals surface area contributed by atoms with Gasteiger partial charge in [-0.1, -0.05) is 84.9 Å². The van der Waals surface area contributed by atoms with Crippen LogP contribution in [0.3, 0.4) is 0 Å². The first kappa shape index (κ1) is 51.0. The molecule has 2 aliphatic carbocycles. The number of nitrogens with zero attached hydrogens (tertiary/aromatic N) is 9. The van der Waals surface area contributed by atoms with E-state index in [1.807, 2.05) is 110 Å². The van der Waals surface area contributed by atoms with Gasteiger partial charge in [-0.25, -0.2) is 0 Å². The molecule has 16 nitrogen and oxygen atoms in total. The second-order valence-electron chi connectivity index (χ2n) is 20.0. The Bertz CT molecular complexity index is 4350. The van der Waals surface area contributed by atoms with Crippen molar-refractivity contribution in [3.05, 3.63) is 241 Å². The molecule has 2 amide bonds. The summed E-state index contributed by atoms with van der Waals surface area (Å²) in [5.74, 6) is -0.560. The number of nitro benzene ring substituents is 2. The fourth-order valence-corrected chi connectivity index (χ4v) is 11.2. The van der Waals surface area contributed by atoms with E-state index >= 15 is 0 Å². The molecule has 0 fully saturated rings. The van der Waals surface area contributed by atoms with E-state index in [0.29, 0.717) is 58.1 Å². The second kappa shape index (κ2) is 20.6. The van der Waals surface area contributed by atoms with Gasteiger partial charge in [-0.15, -0.1) is 10.2 Å². The maximum atomic E-state index is 14.4. The van der Waals surface area contributed by atoms with Crippen molar-refractivity contribution in [3.63, 3.8) is 0 Å². The van der Waals surface area contributed by atoms with Gasteiger partial charge in [0.05, 0.1) is 51.0 Å². The average Bonchev–Trinajstić information content (AvgIpc) is 3.92. The second-order valence-corrected chi connectivity index (χ2v) is 20.0. The number of methoxy groups -OCH3 is 1. The minimum atomic E-state index is -0.498. The molecule has 0 aliphatic heterocycles. The molecule has 0 bridgehead atoms. The van der Waals surface area contributed by atoms with Crippen LogP contribution in [0.1, 0.15) is 48.5 Å². The lowest BCUT2D eigenvalue weighted by Gasteiger charge is -2.21. The molecule has 16 heteroatoms. The zero-order chi connectivity index (χ0) is 56.2. The maximum Gasteiger partial charge on any atom is 0.271 e. The number of carbonyl (C=O) groups is 2. The number of azo groups is 2. The zero-order valence-corrected chi connectivity index (χ0v) is 44.6. The van der Waals surface area contributed by atoms with Crippen molar-refractivity contribution in [2.45, 2.75) is 19.8 Å². The molecule has 0 saturated heterocycles. The summed E-state index contributed by atoms with van der Waals surface area (Å²) >= 11 is 0. The summed E-state index contributed by atoms with van der Waals surface area (Å²) in [5.41, 5.74) is 14.6. The van der Waals surface area contributed by atoms with Gasteiger partial charge in [0.1, 0.15) is 5.69 Å². The molecule has 0 spiro atoms. The van der Waals surface area contributed by atoms with Crippen LogP contribution in [0.4, 0.5) is 56.9 Å². The molecular weight excluding hydrogens is 1020 g/mol. The Balaban J connectivity index is 0.838. The first-order chi connectivity index (χ1) is 39.3. The van der Waals surface area contributed by atoms with Crippen LogP contribution in [0.2, 0.25) is 0 Å². The largest absolute Gasteiger partial charge is 0.494 e.